The van der Waals surface area contributed by atoms with Crippen LogP contribution in [0.25, 0.3) is 5.82 Å². The molecule has 0 bridgehead atoms. The molecule has 0 fully saturated rings. The van der Waals surface area contributed by atoms with Gasteiger partial charge in [-0.3, -0.25) is 4.57 Å². The maximum Gasteiger partial charge on any atom is 0.147 e. The van der Waals surface area contributed by atoms with Gasteiger partial charge < -0.3 is 0 Å². The number of halogens is 2. The second-order valence-electron chi connectivity index (χ2n) is 3.56. The van der Waals surface area contributed by atoms with Gasteiger partial charge in [0.2, 0.25) is 0 Å². The second-order valence-corrected chi connectivity index (χ2v) is 4.19. The minimum atomic E-state index is 0.277. The maximum atomic E-state index is 6.01. The van der Waals surface area contributed by atoms with Crippen molar-refractivity contribution in [1.82, 2.24) is 19.5 Å². The van der Waals surface area contributed by atoms with Gasteiger partial charge in [-0.15, -0.1) is 11.6 Å². The van der Waals surface area contributed by atoms with Gasteiger partial charge in [0, 0.05) is 24.4 Å². The summed E-state index contributed by atoms with van der Waals surface area (Å²) in [4.78, 5) is 12.5. The highest BCUT2D eigenvalue weighted by molar-refractivity contribution is 6.31. The topological polar surface area (TPSA) is 43.6 Å². The molecule has 0 aromatic carbocycles. The summed E-state index contributed by atoms with van der Waals surface area (Å²) < 4.78 is 1.91. The molecule has 0 saturated carbocycles. The second kappa shape index (κ2) is 5.47. The molecule has 2 heterocycles. The minimum Gasteiger partial charge on any atom is -0.288 e. The van der Waals surface area contributed by atoms with Crippen LogP contribution in [0.3, 0.4) is 0 Å². The monoisotopic (exact) mass is 270 g/mol. The summed E-state index contributed by atoms with van der Waals surface area (Å²) in [5, 5.41) is 0.390. The molecule has 0 N–H and O–H groups in total. The first-order chi connectivity index (χ1) is 8.27. The fourth-order valence-electron chi connectivity index (χ4n) is 1.64. The van der Waals surface area contributed by atoms with Crippen molar-refractivity contribution in [3.05, 3.63) is 35.3 Å². The lowest BCUT2D eigenvalue weighted by Gasteiger charge is -2.10. The summed E-state index contributed by atoms with van der Waals surface area (Å²) >= 11 is 11.9. The Morgan fingerprint density at radius 3 is 2.82 bits per heavy atom. The zero-order valence-electron chi connectivity index (χ0n) is 9.40. The first kappa shape index (κ1) is 12.3. The lowest BCUT2D eigenvalue weighted by molar-refractivity contribution is 0.791. The third-order valence-electron chi connectivity index (χ3n) is 2.42. The number of hydrogen-bond donors (Lipinski definition) is 0. The summed E-state index contributed by atoms with van der Waals surface area (Å²) in [5.41, 5.74) is 0.728. The molecule has 0 radical (unpaired) electrons. The van der Waals surface area contributed by atoms with Crippen molar-refractivity contribution in [3.63, 3.8) is 0 Å². The smallest absolute Gasteiger partial charge is 0.147 e. The number of imidazole rings is 1. The third-order valence-corrected chi connectivity index (χ3v) is 3.02. The molecule has 0 saturated heterocycles. The largest absolute Gasteiger partial charge is 0.288 e. The number of alkyl halides is 1. The van der Waals surface area contributed by atoms with Crippen molar-refractivity contribution >= 4 is 23.2 Å². The van der Waals surface area contributed by atoms with E-state index in [-0.39, 0.29) is 5.88 Å². The molecular formula is C11H12Cl2N4. The van der Waals surface area contributed by atoms with Gasteiger partial charge >= 0.3 is 0 Å². The molecule has 0 atom stereocenters. The van der Waals surface area contributed by atoms with E-state index >= 15 is 0 Å². The highest BCUT2D eigenvalue weighted by atomic mass is 35.5. The number of hydrogen-bond acceptors (Lipinski definition) is 3. The molecular weight excluding hydrogens is 259 g/mol. The van der Waals surface area contributed by atoms with Crippen molar-refractivity contribution in [2.24, 2.45) is 0 Å². The fourth-order valence-corrected chi connectivity index (χ4v) is 2.15. The van der Waals surface area contributed by atoms with Gasteiger partial charge in [-0.05, 0) is 6.42 Å². The lowest BCUT2D eigenvalue weighted by atomic mass is 10.3. The normalized spacial score (nSPS) is 10.8. The molecule has 2 aromatic rings. The average Bonchev–Trinajstić information content (AvgIpc) is 2.77. The van der Waals surface area contributed by atoms with E-state index in [0.29, 0.717) is 11.0 Å². The van der Waals surface area contributed by atoms with Gasteiger partial charge in [0.05, 0.1) is 5.88 Å². The van der Waals surface area contributed by atoms with E-state index in [4.69, 9.17) is 23.2 Å². The Kier molecular flexibility index (Phi) is 3.97. The number of aryl methyl sites for hydroxylation is 1. The average molecular weight is 271 g/mol. The molecule has 0 spiro atoms. The summed E-state index contributed by atoms with van der Waals surface area (Å²) in [6.07, 6.45) is 6.95. The van der Waals surface area contributed by atoms with Crippen LogP contribution < -0.4 is 0 Å². The molecule has 0 aliphatic carbocycles. The molecule has 6 heteroatoms. The lowest BCUT2D eigenvalue weighted by Crippen LogP contribution is -2.06. The highest BCUT2D eigenvalue weighted by Gasteiger charge is 2.13. The van der Waals surface area contributed by atoms with E-state index in [9.17, 15) is 0 Å². The standard InChI is InChI=1S/C11H12Cl2N4/c1-2-3-9-14-4-5-17(9)11-8(6-12)10(13)15-7-16-11/h4-5,7H,2-3,6H2,1H3. The summed E-state index contributed by atoms with van der Waals surface area (Å²) in [6, 6.07) is 0. The van der Waals surface area contributed by atoms with E-state index in [1.165, 1.54) is 6.33 Å². The SMILES string of the molecule is CCCc1nccn1-c1ncnc(Cl)c1CCl. The van der Waals surface area contributed by atoms with Crippen molar-refractivity contribution < 1.29 is 0 Å². The molecule has 4 nitrogen and oxygen atoms in total. The summed E-state index contributed by atoms with van der Waals surface area (Å²) in [6.45, 7) is 2.11. The Hall–Kier alpha value is -1.13. The zero-order valence-corrected chi connectivity index (χ0v) is 10.9. The van der Waals surface area contributed by atoms with Crippen LogP contribution in [0.5, 0.6) is 0 Å². The van der Waals surface area contributed by atoms with Crippen LogP contribution in [-0.2, 0) is 12.3 Å². The molecule has 17 heavy (non-hydrogen) atoms. The van der Waals surface area contributed by atoms with E-state index in [1.54, 1.807) is 6.20 Å². The number of aromatic nitrogens is 4. The molecule has 0 unspecified atom stereocenters. The molecule has 2 aromatic heterocycles. The Morgan fingerprint density at radius 2 is 2.12 bits per heavy atom. The molecule has 0 amide bonds. The van der Waals surface area contributed by atoms with Crippen LogP contribution in [0, 0.1) is 0 Å². The van der Waals surface area contributed by atoms with E-state index in [1.807, 2.05) is 10.8 Å². The number of rotatable bonds is 4. The van der Waals surface area contributed by atoms with E-state index in [0.717, 1.165) is 24.2 Å². The fraction of sp³-hybridized carbons (Fsp3) is 0.364. The van der Waals surface area contributed by atoms with Crippen molar-refractivity contribution in [1.29, 1.82) is 0 Å². The van der Waals surface area contributed by atoms with Crippen LogP contribution in [0.2, 0.25) is 5.15 Å². The van der Waals surface area contributed by atoms with Gasteiger partial charge in [0.25, 0.3) is 0 Å². The predicted molar refractivity (Wildman–Crippen MR) is 67.7 cm³/mol. The van der Waals surface area contributed by atoms with E-state index < -0.39 is 0 Å². The van der Waals surface area contributed by atoms with Crippen LogP contribution in [-0.4, -0.2) is 19.5 Å². The van der Waals surface area contributed by atoms with Crippen molar-refractivity contribution in [3.8, 4) is 5.82 Å². The first-order valence-corrected chi connectivity index (χ1v) is 6.27. The van der Waals surface area contributed by atoms with Crippen LogP contribution in [0.4, 0.5) is 0 Å². The maximum absolute atomic E-state index is 6.01. The molecule has 2 rings (SSSR count). The quantitative estimate of drug-likeness (QED) is 0.634. The van der Waals surface area contributed by atoms with E-state index in [2.05, 4.69) is 21.9 Å². The van der Waals surface area contributed by atoms with Crippen molar-refractivity contribution in [2.75, 3.05) is 0 Å². The first-order valence-electron chi connectivity index (χ1n) is 5.35. The predicted octanol–water partition coefficient (Wildman–Crippen LogP) is 3.01. The van der Waals surface area contributed by atoms with Gasteiger partial charge in [0.15, 0.2) is 0 Å². The van der Waals surface area contributed by atoms with Crippen LogP contribution in [0.15, 0.2) is 18.7 Å². The van der Waals surface area contributed by atoms with Crippen molar-refractivity contribution in [2.45, 2.75) is 25.6 Å². The zero-order chi connectivity index (χ0) is 12.3. The Labute approximate surface area is 110 Å². The van der Waals surface area contributed by atoms with Gasteiger partial charge in [-0.25, -0.2) is 15.0 Å². The molecule has 90 valence electrons. The molecule has 0 aliphatic heterocycles. The van der Waals surface area contributed by atoms with Crippen LogP contribution in [0.1, 0.15) is 24.7 Å². The van der Waals surface area contributed by atoms with Gasteiger partial charge in [0.1, 0.15) is 23.1 Å². The third kappa shape index (κ3) is 2.42. The van der Waals surface area contributed by atoms with Gasteiger partial charge in [-0.2, -0.15) is 0 Å². The minimum absolute atomic E-state index is 0.277. The Balaban J connectivity index is 2.52. The van der Waals surface area contributed by atoms with Crippen LogP contribution >= 0.6 is 23.2 Å². The molecule has 0 aliphatic rings. The Morgan fingerprint density at radius 1 is 1.29 bits per heavy atom. The number of nitrogens with zero attached hydrogens (tertiary/aromatic N) is 4. The Bertz CT molecular complexity index is 510. The summed E-state index contributed by atoms with van der Waals surface area (Å²) in [7, 11) is 0. The summed E-state index contributed by atoms with van der Waals surface area (Å²) in [5.74, 6) is 1.94. The highest BCUT2D eigenvalue weighted by Crippen LogP contribution is 2.22. The van der Waals surface area contributed by atoms with Gasteiger partial charge in [-0.1, -0.05) is 18.5 Å².